The van der Waals surface area contributed by atoms with Crippen LogP contribution in [0.4, 0.5) is 0 Å². The van der Waals surface area contributed by atoms with Crippen LogP contribution >= 0.6 is 0 Å². The Labute approximate surface area is 138 Å². The first kappa shape index (κ1) is 16.1. The Balaban J connectivity index is 1.64. The molecule has 5 heteroatoms. The maximum Gasteiger partial charge on any atom is 0.137 e. The average Bonchev–Trinajstić information content (AvgIpc) is 2.99. The summed E-state index contributed by atoms with van der Waals surface area (Å²) in [6, 6.07) is 2.48. The van der Waals surface area contributed by atoms with Gasteiger partial charge in [0.25, 0.3) is 0 Å². The van der Waals surface area contributed by atoms with Crippen LogP contribution in [-0.2, 0) is 11.8 Å². The standard InChI is InChI=1S/C18H26N4O/c1-13-9-16(11-19-10-13)14(2)21-12-15-5-4-8-23-17(15)18-20-6-7-22(18)3/h6-7,9-11,14-15,17,21H,4-5,8,12H2,1-3H3/t14?,15-,17+/m0/s1. The van der Waals surface area contributed by atoms with Crippen LogP contribution < -0.4 is 5.32 Å². The van der Waals surface area contributed by atoms with Gasteiger partial charge in [0.05, 0.1) is 0 Å². The minimum Gasteiger partial charge on any atom is -0.370 e. The number of aromatic nitrogens is 3. The molecule has 1 fully saturated rings. The fraction of sp³-hybridized carbons (Fsp3) is 0.556. The van der Waals surface area contributed by atoms with Gasteiger partial charge in [0.15, 0.2) is 0 Å². The van der Waals surface area contributed by atoms with Crippen molar-refractivity contribution in [2.45, 2.75) is 38.8 Å². The summed E-state index contributed by atoms with van der Waals surface area (Å²) in [5.74, 6) is 1.48. The largest absolute Gasteiger partial charge is 0.370 e. The lowest BCUT2D eigenvalue weighted by Crippen LogP contribution is -2.34. The smallest absolute Gasteiger partial charge is 0.137 e. The van der Waals surface area contributed by atoms with Crippen molar-refractivity contribution in [3.63, 3.8) is 0 Å². The summed E-state index contributed by atoms with van der Waals surface area (Å²) in [6.45, 7) is 6.02. The Morgan fingerprint density at radius 3 is 3.04 bits per heavy atom. The number of hydrogen-bond acceptors (Lipinski definition) is 4. The summed E-state index contributed by atoms with van der Waals surface area (Å²) in [5, 5.41) is 3.65. The topological polar surface area (TPSA) is 52.0 Å². The van der Waals surface area contributed by atoms with Crippen LogP contribution in [-0.4, -0.2) is 27.7 Å². The maximum absolute atomic E-state index is 6.04. The average molecular weight is 314 g/mol. The van der Waals surface area contributed by atoms with Crippen molar-refractivity contribution in [3.8, 4) is 0 Å². The van der Waals surface area contributed by atoms with E-state index in [4.69, 9.17) is 4.74 Å². The molecule has 0 amide bonds. The molecule has 3 heterocycles. The van der Waals surface area contributed by atoms with E-state index >= 15 is 0 Å². The van der Waals surface area contributed by atoms with Gasteiger partial charge in [-0.25, -0.2) is 4.98 Å². The zero-order valence-corrected chi connectivity index (χ0v) is 14.2. The molecule has 3 rings (SSSR count). The van der Waals surface area contributed by atoms with Crippen LogP contribution in [0.1, 0.15) is 48.9 Å². The lowest BCUT2D eigenvalue weighted by Gasteiger charge is -2.32. The number of imidazole rings is 1. The predicted molar refractivity (Wildman–Crippen MR) is 90.0 cm³/mol. The van der Waals surface area contributed by atoms with Crippen molar-refractivity contribution >= 4 is 0 Å². The van der Waals surface area contributed by atoms with Crippen LogP contribution in [0.15, 0.2) is 30.9 Å². The third-order valence-corrected chi connectivity index (χ3v) is 4.64. The monoisotopic (exact) mass is 314 g/mol. The summed E-state index contributed by atoms with van der Waals surface area (Å²) in [6.07, 6.45) is 10.0. The number of pyridine rings is 1. The molecule has 23 heavy (non-hydrogen) atoms. The number of nitrogens with one attached hydrogen (secondary N) is 1. The Morgan fingerprint density at radius 1 is 1.43 bits per heavy atom. The molecule has 0 bridgehead atoms. The highest BCUT2D eigenvalue weighted by atomic mass is 16.5. The van der Waals surface area contributed by atoms with E-state index in [9.17, 15) is 0 Å². The minimum atomic E-state index is 0.0825. The Kier molecular flexibility index (Phi) is 5.08. The van der Waals surface area contributed by atoms with Gasteiger partial charge < -0.3 is 14.6 Å². The van der Waals surface area contributed by atoms with Crippen molar-refractivity contribution in [3.05, 3.63) is 47.8 Å². The molecule has 0 spiro atoms. The van der Waals surface area contributed by atoms with Crippen molar-refractivity contribution in [2.75, 3.05) is 13.2 Å². The van der Waals surface area contributed by atoms with Crippen molar-refractivity contribution in [1.29, 1.82) is 0 Å². The van der Waals surface area contributed by atoms with Crippen LogP contribution in [0.2, 0.25) is 0 Å². The van der Waals surface area contributed by atoms with Gasteiger partial charge in [0.2, 0.25) is 0 Å². The second kappa shape index (κ2) is 7.23. The number of hydrogen-bond donors (Lipinski definition) is 1. The van der Waals surface area contributed by atoms with Gasteiger partial charge in [-0.05, 0) is 37.8 Å². The second-order valence-corrected chi connectivity index (χ2v) is 6.52. The van der Waals surface area contributed by atoms with Gasteiger partial charge in [-0.3, -0.25) is 4.98 Å². The molecular formula is C18H26N4O. The number of aryl methyl sites for hydroxylation is 2. The molecule has 0 aliphatic carbocycles. The molecule has 0 saturated carbocycles. The van der Waals surface area contributed by atoms with E-state index in [1.807, 2.05) is 31.8 Å². The van der Waals surface area contributed by atoms with Gasteiger partial charge in [-0.2, -0.15) is 0 Å². The third-order valence-electron chi connectivity index (χ3n) is 4.64. The fourth-order valence-corrected chi connectivity index (χ4v) is 3.25. The molecule has 1 saturated heterocycles. The first-order valence-corrected chi connectivity index (χ1v) is 8.39. The molecule has 1 aliphatic rings. The molecule has 2 aromatic rings. The first-order chi connectivity index (χ1) is 11.1. The summed E-state index contributed by atoms with van der Waals surface area (Å²) >= 11 is 0. The lowest BCUT2D eigenvalue weighted by molar-refractivity contribution is -0.0349. The Hall–Kier alpha value is -1.72. The number of ether oxygens (including phenoxy) is 1. The normalized spacial score (nSPS) is 22.9. The van der Waals surface area contributed by atoms with E-state index in [-0.39, 0.29) is 12.1 Å². The SMILES string of the molecule is Cc1cncc(C(C)NC[C@@H]2CCCO[C@H]2c2nccn2C)c1. The first-order valence-electron chi connectivity index (χ1n) is 8.39. The summed E-state index contributed by atoms with van der Waals surface area (Å²) < 4.78 is 8.10. The highest BCUT2D eigenvalue weighted by Gasteiger charge is 2.30. The fourth-order valence-electron chi connectivity index (χ4n) is 3.25. The van der Waals surface area contributed by atoms with Crippen molar-refractivity contribution in [1.82, 2.24) is 19.9 Å². The van der Waals surface area contributed by atoms with Crippen LogP contribution in [0.3, 0.4) is 0 Å². The summed E-state index contributed by atoms with van der Waals surface area (Å²) in [5.41, 5.74) is 2.43. The maximum atomic E-state index is 6.04. The van der Waals surface area contributed by atoms with Gasteiger partial charge in [0.1, 0.15) is 11.9 Å². The van der Waals surface area contributed by atoms with Crippen LogP contribution in [0, 0.1) is 12.8 Å². The Bertz CT molecular complexity index is 639. The number of nitrogens with zero attached hydrogens (tertiary/aromatic N) is 3. The zero-order chi connectivity index (χ0) is 16.2. The Morgan fingerprint density at radius 2 is 2.30 bits per heavy atom. The molecule has 1 aliphatic heterocycles. The molecule has 5 nitrogen and oxygen atoms in total. The molecule has 0 radical (unpaired) electrons. The van der Waals surface area contributed by atoms with E-state index in [0.717, 1.165) is 25.4 Å². The second-order valence-electron chi connectivity index (χ2n) is 6.52. The van der Waals surface area contributed by atoms with Gasteiger partial charge in [0, 0.05) is 56.9 Å². The van der Waals surface area contributed by atoms with E-state index in [1.54, 1.807) is 0 Å². The van der Waals surface area contributed by atoms with Crippen molar-refractivity contribution < 1.29 is 4.74 Å². The summed E-state index contributed by atoms with van der Waals surface area (Å²) in [7, 11) is 2.03. The zero-order valence-electron chi connectivity index (χ0n) is 14.2. The summed E-state index contributed by atoms with van der Waals surface area (Å²) in [4.78, 5) is 8.78. The van der Waals surface area contributed by atoms with E-state index in [2.05, 4.69) is 39.8 Å². The molecule has 3 atom stereocenters. The quantitative estimate of drug-likeness (QED) is 0.922. The van der Waals surface area contributed by atoms with Crippen LogP contribution in [0.5, 0.6) is 0 Å². The van der Waals surface area contributed by atoms with Crippen molar-refractivity contribution in [2.24, 2.45) is 13.0 Å². The molecule has 124 valence electrons. The van der Waals surface area contributed by atoms with Gasteiger partial charge >= 0.3 is 0 Å². The lowest BCUT2D eigenvalue weighted by atomic mass is 9.93. The third kappa shape index (κ3) is 3.79. The molecule has 1 N–H and O–H groups in total. The highest BCUT2D eigenvalue weighted by molar-refractivity contribution is 5.19. The van der Waals surface area contributed by atoms with E-state index in [0.29, 0.717) is 5.92 Å². The minimum absolute atomic E-state index is 0.0825. The van der Waals surface area contributed by atoms with Crippen LogP contribution in [0.25, 0.3) is 0 Å². The molecular weight excluding hydrogens is 288 g/mol. The highest BCUT2D eigenvalue weighted by Crippen LogP contribution is 2.32. The van der Waals surface area contributed by atoms with E-state index < -0.39 is 0 Å². The molecule has 0 aromatic carbocycles. The molecule has 2 aromatic heterocycles. The predicted octanol–water partition coefficient (Wildman–Crippen LogP) is 2.94. The van der Waals surface area contributed by atoms with E-state index in [1.165, 1.54) is 17.5 Å². The van der Waals surface area contributed by atoms with Gasteiger partial charge in [-0.1, -0.05) is 6.07 Å². The number of rotatable bonds is 5. The molecule has 1 unspecified atom stereocenters. The van der Waals surface area contributed by atoms with Gasteiger partial charge in [-0.15, -0.1) is 0 Å².